The number of rotatable bonds is 5. The average molecular weight is 282 g/mol. The highest BCUT2D eigenvalue weighted by atomic mass is 16.7. The fourth-order valence-electron chi connectivity index (χ4n) is 3.11. The number of esters is 1. The monoisotopic (exact) mass is 282 g/mol. The number of methoxy groups -OCH3 is 1. The Kier molecular flexibility index (Phi) is 4.23. The molecule has 2 rings (SSSR count). The van der Waals surface area contributed by atoms with Crippen molar-refractivity contribution in [2.75, 3.05) is 7.11 Å². The van der Waals surface area contributed by atoms with Gasteiger partial charge in [-0.3, -0.25) is 4.79 Å². The van der Waals surface area contributed by atoms with Gasteiger partial charge in [0.1, 0.15) is 0 Å². The molecule has 2 aliphatic rings. The molecule has 0 aromatic rings. The van der Waals surface area contributed by atoms with E-state index >= 15 is 0 Å². The maximum atomic E-state index is 11.1. The van der Waals surface area contributed by atoms with Gasteiger partial charge in [0.15, 0.2) is 0 Å². The second-order valence-electron chi connectivity index (χ2n) is 7.19. The van der Waals surface area contributed by atoms with Crippen molar-refractivity contribution in [3.63, 3.8) is 0 Å². The highest BCUT2D eigenvalue weighted by Crippen LogP contribution is 2.59. The van der Waals surface area contributed by atoms with Crippen LogP contribution < -0.4 is 0 Å². The maximum absolute atomic E-state index is 11.1. The van der Waals surface area contributed by atoms with Gasteiger partial charge in [0.05, 0.1) is 18.3 Å². The minimum atomic E-state index is -0.253. The molecule has 4 nitrogen and oxygen atoms in total. The molecule has 1 aliphatic carbocycles. The zero-order valence-corrected chi connectivity index (χ0v) is 13.6. The number of hydrogen-bond acceptors (Lipinski definition) is 4. The molecule has 0 N–H and O–H groups in total. The quantitative estimate of drug-likeness (QED) is 0.574. The lowest BCUT2D eigenvalue weighted by molar-refractivity contribution is -0.140. The van der Waals surface area contributed by atoms with Crippen LogP contribution in [0.3, 0.4) is 0 Å². The zero-order chi connectivity index (χ0) is 15.1. The van der Waals surface area contributed by atoms with E-state index in [1.165, 1.54) is 7.11 Å². The van der Waals surface area contributed by atoms with Crippen molar-refractivity contribution in [3.05, 3.63) is 0 Å². The SMILES string of the molecule is COC(=O)CCC[C@H]1[C@@H](C)[C@@H]1B1OC(C)(C)C(C)(C)O1. The molecule has 114 valence electrons. The van der Waals surface area contributed by atoms with Gasteiger partial charge in [0, 0.05) is 6.42 Å². The van der Waals surface area contributed by atoms with Crippen LogP contribution in [0.2, 0.25) is 5.82 Å². The Labute approximate surface area is 122 Å². The summed E-state index contributed by atoms with van der Waals surface area (Å²) in [5.74, 6) is 1.57. The van der Waals surface area contributed by atoms with Crippen LogP contribution in [0.5, 0.6) is 0 Å². The van der Waals surface area contributed by atoms with E-state index in [1.54, 1.807) is 0 Å². The first-order valence-corrected chi connectivity index (χ1v) is 7.62. The Morgan fingerprint density at radius 1 is 1.20 bits per heavy atom. The van der Waals surface area contributed by atoms with Crippen LogP contribution in [0.15, 0.2) is 0 Å². The Bertz CT molecular complexity index is 364. The molecular formula is C15H27BO4. The van der Waals surface area contributed by atoms with Gasteiger partial charge < -0.3 is 14.0 Å². The molecule has 3 atom stereocenters. The first-order valence-electron chi connectivity index (χ1n) is 7.62. The first-order chi connectivity index (χ1) is 9.19. The molecule has 0 radical (unpaired) electrons. The van der Waals surface area contributed by atoms with Crippen molar-refractivity contribution in [1.29, 1.82) is 0 Å². The van der Waals surface area contributed by atoms with Crippen molar-refractivity contribution in [3.8, 4) is 0 Å². The van der Waals surface area contributed by atoms with Crippen LogP contribution in [0.25, 0.3) is 0 Å². The third-order valence-electron chi connectivity index (χ3n) is 5.37. The molecule has 0 spiro atoms. The average Bonchev–Trinajstić information content (AvgIpc) is 2.91. The molecule has 2 fully saturated rings. The summed E-state index contributed by atoms with van der Waals surface area (Å²) < 4.78 is 16.9. The summed E-state index contributed by atoms with van der Waals surface area (Å²) >= 11 is 0. The topological polar surface area (TPSA) is 44.8 Å². The first kappa shape index (κ1) is 15.8. The normalized spacial score (nSPS) is 34.1. The molecule has 0 amide bonds. The Morgan fingerprint density at radius 3 is 2.25 bits per heavy atom. The van der Waals surface area contributed by atoms with E-state index in [-0.39, 0.29) is 24.3 Å². The lowest BCUT2D eigenvalue weighted by atomic mass is 9.79. The maximum Gasteiger partial charge on any atom is 0.461 e. The fraction of sp³-hybridized carbons (Fsp3) is 0.933. The molecule has 0 aromatic carbocycles. The third-order valence-corrected chi connectivity index (χ3v) is 5.37. The Balaban J connectivity index is 1.82. The minimum Gasteiger partial charge on any atom is -0.469 e. The minimum absolute atomic E-state index is 0.0990. The molecule has 20 heavy (non-hydrogen) atoms. The van der Waals surface area contributed by atoms with Crippen molar-refractivity contribution < 1.29 is 18.8 Å². The second kappa shape index (κ2) is 5.34. The van der Waals surface area contributed by atoms with E-state index in [0.29, 0.717) is 24.1 Å². The molecule has 0 bridgehead atoms. The zero-order valence-electron chi connectivity index (χ0n) is 13.6. The summed E-state index contributed by atoms with van der Waals surface area (Å²) in [7, 11) is 1.34. The molecular weight excluding hydrogens is 255 g/mol. The number of ether oxygens (including phenoxy) is 1. The van der Waals surface area contributed by atoms with Crippen molar-refractivity contribution >= 4 is 13.1 Å². The smallest absolute Gasteiger partial charge is 0.461 e. The van der Waals surface area contributed by atoms with Gasteiger partial charge in [-0.25, -0.2) is 0 Å². The van der Waals surface area contributed by atoms with E-state index in [1.807, 2.05) is 0 Å². The van der Waals surface area contributed by atoms with Gasteiger partial charge in [0.25, 0.3) is 0 Å². The Hall–Kier alpha value is -0.545. The lowest BCUT2D eigenvalue weighted by Crippen LogP contribution is -2.41. The van der Waals surface area contributed by atoms with Gasteiger partial charge >= 0.3 is 13.1 Å². The largest absolute Gasteiger partial charge is 0.469 e. The van der Waals surface area contributed by atoms with Gasteiger partial charge in [-0.1, -0.05) is 6.92 Å². The summed E-state index contributed by atoms with van der Waals surface area (Å²) in [5.41, 5.74) is -0.507. The molecule has 1 saturated heterocycles. The fourth-order valence-corrected chi connectivity index (χ4v) is 3.11. The number of carbonyl (C=O) groups is 1. The van der Waals surface area contributed by atoms with Crippen LogP contribution in [-0.2, 0) is 18.8 Å². The molecule has 1 aliphatic heterocycles. The number of hydrogen-bond donors (Lipinski definition) is 0. The van der Waals surface area contributed by atoms with E-state index in [4.69, 9.17) is 9.31 Å². The summed E-state index contributed by atoms with van der Waals surface area (Å²) in [5, 5.41) is 0. The second-order valence-corrected chi connectivity index (χ2v) is 7.19. The molecule has 0 unspecified atom stereocenters. The van der Waals surface area contributed by atoms with Crippen LogP contribution >= 0.6 is 0 Å². The lowest BCUT2D eigenvalue weighted by Gasteiger charge is -2.32. The van der Waals surface area contributed by atoms with E-state index in [2.05, 4.69) is 39.4 Å². The van der Waals surface area contributed by atoms with Crippen molar-refractivity contribution in [1.82, 2.24) is 0 Å². The van der Waals surface area contributed by atoms with Crippen molar-refractivity contribution in [2.24, 2.45) is 11.8 Å². The standard InChI is InChI=1S/C15H27BO4/c1-10-11(8-7-9-12(17)18-6)13(10)16-19-14(2,3)15(4,5)20-16/h10-11,13H,7-9H2,1-6H3/t10-,11+,13+/m1/s1. The van der Waals surface area contributed by atoms with Gasteiger partial charge in [-0.15, -0.1) is 0 Å². The number of carbonyl (C=O) groups excluding carboxylic acids is 1. The predicted octanol–water partition coefficient (Wildman–Crippen LogP) is 3.06. The third kappa shape index (κ3) is 2.89. The van der Waals surface area contributed by atoms with Gasteiger partial charge in [-0.2, -0.15) is 0 Å². The summed E-state index contributed by atoms with van der Waals surface area (Å²) in [6.07, 6.45) is 2.44. The molecule has 5 heteroatoms. The molecule has 0 aromatic heterocycles. The van der Waals surface area contributed by atoms with Gasteiger partial charge in [-0.05, 0) is 58.2 Å². The molecule has 1 saturated carbocycles. The summed E-state index contributed by atoms with van der Waals surface area (Å²) in [6, 6.07) is 0. The van der Waals surface area contributed by atoms with E-state index in [0.717, 1.165) is 12.8 Å². The predicted molar refractivity (Wildman–Crippen MR) is 78.4 cm³/mol. The van der Waals surface area contributed by atoms with Gasteiger partial charge in [0.2, 0.25) is 0 Å². The van der Waals surface area contributed by atoms with Crippen LogP contribution in [0, 0.1) is 11.8 Å². The van der Waals surface area contributed by atoms with E-state index in [9.17, 15) is 4.79 Å². The summed E-state index contributed by atoms with van der Waals surface area (Å²) in [6.45, 7) is 10.6. The van der Waals surface area contributed by atoms with E-state index < -0.39 is 0 Å². The van der Waals surface area contributed by atoms with Crippen LogP contribution in [-0.4, -0.2) is 31.4 Å². The highest BCUT2D eigenvalue weighted by Gasteiger charge is 2.62. The summed E-state index contributed by atoms with van der Waals surface area (Å²) in [4.78, 5) is 11.1. The molecule has 1 heterocycles. The highest BCUT2D eigenvalue weighted by molar-refractivity contribution is 6.49. The Morgan fingerprint density at radius 2 is 1.75 bits per heavy atom. The van der Waals surface area contributed by atoms with Crippen molar-refractivity contribution in [2.45, 2.75) is 70.9 Å². The van der Waals surface area contributed by atoms with Crippen LogP contribution in [0.1, 0.15) is 53.9 Å². The van der Waals surface area contributed by atoms with Crippen LogP contribution in [0.4, 0.5) is 0 Å².